The SMILES string of the molecule is N#Cc1ccc(-c2cc(-c3ccccc3)c3cccc(N4c5ccccc5Oc5ccccc54)c3n2)cc1. The molecule has 1 aliphatic heterocycles. The first-order valence-corrected chi connectivity index (χ1v) is 12.5. The highest BCUT2D eigenvalue weighted by molar-refractivity contribution is 6.05. The van der Waals surface area contributed by atoms with Crippen molar-refractivity contribution in [2.75, 3.05) is 4.90 Å². The fourth-order valence-corrected chi connectivity index (χ4v) is 5.10. The number of nitrogens with zero attached hydrogens (tertiary/aromatic N) is 3. The van der Waals surface area contributed by atoms with Crippen LogP contribution in [0.5, 0.6) is 11.5 Å². The Kier molecular flexibility index (Phi) is 5.13. The number of hydrogen-bond acceptors (Lipinski definition) is 4. The average molecular weight is 488 g/mol. The van der Waals surface area contributed by atoms with Crippen molar-refractivity contribution in [2.45, 2.75) is 0 Å². The lowest BCUT2D eigenvalue weighted by atomic mass is 9.97. The van der Waals surface area contributed by atoms with Gasteiger partial charge in [-0.25, -0.2) is 4.98 Å². The van der Waals surface area contributed by atoms with Crippen molar-refractivity contribution in [1.29, 1.82) is 5.26 Å². The molecule has 5 aromatic carbocycles. The molecule has 0 bridgehead atoms. The van der Waals surface area contributed by atoms with E-state index in [9.17, 15) is 5.26 Å². The molecule has 0 unspecified atom stereocenters. The largest absolute Gasteiger partial charge is 0.453 e. The fourth-order valence-electron chi connectivity index (χ4n) is 5.10. The molecular formula is C34H21N3O. The van der Waals surface area contributed by atoms with Gasteiger partial charge in [0.1, 0.15) is 0 Å². The van der Waals surface area contributed by atoms with Crippen LogP contribution >= 0.6 is 0 Å². The van der Waals surface area contributed by atoms with Gasteiger partial charge in [0.05, 0.1) is 39.9 Å². The van der Waals surface area contributed by atoms with E-state index in [0.29, 0.717) is 5.56 Å². The molecule has 0 amide bonds. The van der Waals surface area contributed by atoms with E-state index in [1.165, 1.54) is 0 Å². The van der Waals surface area contributed by atoms with Gasteiger partial charge >= 0.3 is 0 Å². The van der Waals surface area contributed by atoms with Crippen LogP contribution in [0.2, 0.25) is 0 Å². The highest BCUT2D eigenvalue weighted by Crippen LogP contribution is 2.51. The molecule has 38 heavy (non-hydrogen) atoms. The van der Waals surface area contributed by atoms with Gasteiger partial charge in [-0.05, 0) is 59.7 Å². The molecule has 7 rings (SSSR count). The molecule has 0 aliphatic carbocycles. The summed E-state index contributed by atoms with van der Waals surface area (Å²) < 4.78 is 6.26. The Hall–Kier alpha value is -5.40. The van der Waals surface area contributed by atoms with Gasteiger partial charge in [0.2, 0.25) is 0 Å². The molecule has 0 fully saturated rings. The van der Waals surface area contributed by atoms with Gasteiger partial charge in [-0.15, -0.1) is 0 Å². The predicted molar refractivity (Wildman–Crippen MR) is 152 cm³/mol. The van der Waals surface area contributed by atoms with Crippen LogP contribution in [0.3, 0.4) is 0 Å². The van der Waals surface area contributed by atoms with Gasteiger partial charge in [0.25, 0.3) is 0 Å². The molecule has 0 spiro atoms. The molecule has 0 saturated heterocycles. The van der Waals surface area contributed by atoms with E-state index >= 15 is 0 Å². The summed E-state index contributed by atoms with van der Waals surface area (Å²) in [5.74, 6) is 1.60. The van der Waals surface area contributed by atoms with Crippen molar-refractivity contribution >= 4 is 28.0 Å². The number of pyridine rings is 1. The molecule has 6 aromatic rings. The summed E-state index contributed by atoms with van der Waals surface area (Å²) in [5, 5.41) is 10.4. The summed E-state index contributed by atoms with van der Waals surface area (Å²) in [4.78, 5) is 7.48. The van der Waals surface area contributed by atoms with Gasteiger partial charge in [-0.1, -0.05) is 78.9 Å². The third-order valence-corrected chi connectivity index (χ3v) is 6.89. The summed E-state index contributed by atoms with van der Waals surface area (Å²) in [6, 6.07) is 44.9. The molecule has 4 nitrogen and oxygen atoms in total. The second-order valence-electron chi connectivity index (χ2n) is 9.16. The first-order valence-electron chi connectivity index (χ1n) is 12.5. The number of rotatable bonds is 3. The smallest absolute Gasteiger partial charge is 0.151 e. The summed E-state index contributed by atoms with van der Waals surface area (Å²) in [6.45, 7) is 0. The Balaban J connectivity index is 1.54. The lowest BCUT2D eigenvalue weighted by Gasteiger charge is -2.33. The third kappa shape index (κ3) is 3.57. The lowest BCUT2D eigenvalue weighted by molar-refractivity contribution is 0.477. The van der Waals surface area contributed by atoms with E-state index in [2.05, 4.69) is 71.6 Å². The Morgan fingerprint density at radius 2 is 1.24 bits per heavy atom. The van der Waals surface area contributed by atoms with E-state index in [4.69, 9.17) is 9.72 Å². The van der Waals surface area contributed by atoms with Crippen molar-refractivity contribution in [3.05, 3.63) is 133 Å². The van der Waals surface area contributed by atoms with Gasteiger partial charge in [0.15, 0.2) is 11.5 Å². The van der Waals surface area contributed by atoms with E-state index in [1.54, 1.807) is 0 Å². The number of hydrogen-bond donors (Lipinski definition) is 0. The molecule has 0 radical (unpaired) electrons. The van der Waals surface area contributed by atoms with Gasteiger partial charge in [-0.3, -0.25) is 0 Å². The minimum Gasteiger partial charge on any atom is -0.453 e. The van der Waals surface area contributed by atoms with Crippen molar-refractivity contribution in [1.82, 2.24) is 4.98 Å². The molecule has 178 valence electrons. The number of anilines is 3. The van der Waals surface area contributed by atoms with Gasteiger partial charge in [-0.2, -0.15) is 5.26 Å². The van der Waals surface area contributed by atoms with Crippen molar-refractivity contribution < 1.29 is 4.74 Å². The molecule has 4 heteroatoms. The predicted octanol–water partition coefficient (Wildman–Crippen LogP) is 9.02. The monoisotopic (exact) mass is 487 g/mol. The zero-order valence-electron chi connectivity index (χ0n) is 20.4. The van der Waals surface area contributed by atoms with Crippen LogP contribution in [0, 0.1) is 11.3 Å². The van der Waals surface area contributed by atoms with Crippen molar-refractivity contribution in [3.8, 4) is 40.0 Å². The van der Waals surface area contributed by atoms with Crippen LogP contribution in [-0.4, -0.2) is 4.98 Å². The van der Waals surface area contributed by atoms with E-state index in [0.717, 1.165) is 61.8 Å². The maximum absolute atomic E-state index is 9.29. The van der Waals surface area contributed by atoms with Crippen LogP contribution in [-0.2, 0) is 0 Å². The molecule has 1 aliphatic rings. The molecule has 0 saturated carbocycles. The average Bonchev–Trinajstić information content (AvgIpc) is 2.99. The zero-order chi connectivity index (χ0) is 25.5. The van der Waals surface area contributed by atoms with Gasteiger partial charge < -0.3 is 9.64 Å². The van der Waals surface area contributed by atoms with Crippen molar-refractivity contribution in [2.24, 2.45) is 0 Å². The Bertz CT molecular complexity index is 1810. The quantitative estimate of drug-likeness (QED) is 0.249. The van der Waals surface area contributed by atoms with E-state index < -0.39 is 0 Å². The third-order valence-electron chi connectivity index (χ3n) is 6.89. The number of benzene rings is 5. The van der Waals surface area contributed by atoms with Crippen LogP contribution < -0.4 is 9.64 Å². The van der Waals surface area contributed by atoms with Crippen LogP contribution in [0.4, 0.5) is 17.1 Å². The summed E-state index contributed by atoms with van der Waals surface area (Å²) in [6.07, 6.45) is 0. The maximum atomic E-state index is 9.29. The van der Waals surface area contributed by atoms with Crippen LogP contribution in [0.25, 0.3) is 33.3 Å². The number of fused-ring (bicyclic) bond motifs is 3. The molecule has 0 atom stereocenters. The van der Waals surface area contributed by atoms with Crippen molar-refractivity contribution in [3.63, 3.8) is 0 Å². The maximum Gasteiger partial charge on any atom is 0.151 e. The lowest BCUT2D eigenvalue weighted by Crippen LogP contribution is -2.16. The highest BCUT2D eigenvalue weighted by atomic mass is 16.5. The van der Waals surface area contributed by atoms with Gasteiger partial charge in [0, 0.05) is 10.9 Å². The Labute approximate surface area is 220 Å². The molecule has 2 heterocycles. The number of ether oxygens (including phenoxy) is 1. The number of para-hydroxylation sites is 5. The Morgan fingerprint density at radius 1 is 0.605 bits per heavy atom. The minimum atomic E-state index is 0.625. The second-order valence-corrected chi connectivity index (χ2v) is 9.16. The Morgan fingerprint density at radius 3 is 1.92 bits per heavy atom. The summed E-state index contributed by atoms with van der Waals surface area (Å²) in [5.41, 5.74) is 8.44. The normalized spacial score (nSPS) is 11.8. The second kappa shape index (κ2) is 8.92. The minimum absolute atomic E-state index is 0.625. The van der Waals surface area contributed by atoms with E-state index in [1.807, 2.05) is 66.7 Å². The topological polar surface area (TPSA) is 49.2 Å². The summed E-state index contributed by atoms with van der Waals surface area (Å²) >= 11 is 0. The number of aromatic nitrogens is 1. The first-order chi connectivity index (χ1) is 18.8. The highest BCUT2D eigenvalue weighted by Gasteiger charge is 2.27. The number of nitriles is 1. The summed E-state index contributed by atoms with van der Waals surface area (Å²) in [7, 11) is 0. The first kappa shape index (κ1) is 21.8. The molecular weight excluding hydrogens is 466 g/mol. The zero-order valence-corrected chi connectivity index (χ0v) is 20.4. The van der Waals surface area contributed by atoms with Crippen LogP contribution in [0.1, 0.15) is 5.56 Å². The molecule has 0 N–H and O–H groups in total. The standard InChI is InChI=1S/C34H21N3O/c35-22-23-17-19-25(20-18-23)28-21-27(24-9-2-1-3-10-24)26-11-8-14-31(34(26)36-28)37-29-12-4-6-15-32(29)38-33-16-7-5-13-30(33)37/h1-21H. The molecule has 1 aromatic heterocycles. The van der Waals surface area contributed by atoms with Crippen LogP contribution in [0.15, 0.2) is 127 Å². The van der Waals surface area contributed by atoms with E-state index in [-0.39, 0.29) is 0 Å². The fraction of sp³-hybridized carbons (Fsp3) is 0.